The SMILES string of the molecule is CNCCC(N)CCCCNC1CCCC(N)C1. The van der Waals surface area contributed by atoms with Gasteiger partial charge in [0.15, 0.2) is 0 Å². The maximum absolute atomic E-state index is 6.03. The summed E-state index contributed by atoms with van der Waals surface area (Å²) in [6, 6.07) is 1.44. The molecule has 0 aromatic carbocycles. The number of hydrogen-bond donors (Lipinski definition) is 4. The van der Waals surface area contributed by atoms with Gasteiger partial charge < -0.3 is 22.1 Å². The minimum Gasteiger partial charge on any atom is -0.328 e. The zero-order valence-electron chi connectivity index (χ0n) is 12.0. The van der Waals surface area contributed by atoms with Gasteiger partial charge in [-0.15, -0.1) is 0 Å². The number of unbranched alkanes of at least 4 members (excludes halogenated alkanes) is 1. The van der Waals surface area contributed by atoms with Gasteiger partial charge in [-0.05, 0) is 58.7 Å². The van der Waals surface area contributed by atoms with E-state index in [1.165, 1.54) is 32.1 Å². The fourth-order valence-corrected chi connectivity index (χ4v) is 2.72. The third-order valence-electron chi connectivity index (χ3n) is 3.91. The molecule has 0 spiro atoms. The molecule has 1 saturated carbocycles. The molecule has 3 atom stereocenters. The summed E-state index contributed by atoms with van der Waals surface area (Å²) < 4.78 is 0. The van der Waals surface area contributed by atoms with Crippen molar-refractivity contribution in [1.82, 2.24) is 10.6 Å². The minimum absolute atomic E-state index is 0.362. The van der Waals surface area contributed by atoms with E-state index >= 15 is 0 Å². The van der Waals surface area contributed by atoms with Crippen molar-refractivity contribution in [2.75, 3.05) is 20.1 Å². The lowest BCUT2D eigenvalue weighted by Crippen LogP contribution is -2.39. The highest BCUT2D eigenvalue weighted by Gasteiger charge is 2.17. The summed E-state index contributed by atoms with van der Waals surface area (Å²) in [6.07, 6.45) is 9.65. The van der Waals surface area contributed by atoms with Crippen LogP contribution in [0.15, 0.2) is 0 Å². The van der Waals surface area contributed by atoms with Crippen molar-refractivity contribution >= 4 is 0 Å². The van der Waals surface area contributed by atoms with Crippen LogP contribution in [0.25, 0.3) is 0 Å². The summed E-state index contributed by atoms with van der Waals surface area (Å²) in [5.41, 5.74) is 12.0. The Labute approximate surface area is 112 Å². The Balaban J connectivity index is 1.91. The Morgan fingerprint density at radius 2 is 2.00 bits per heavy atom. The van der Waals surface area contributed by atoms with Crippen molar-refractivity contribution in [3.63, 3.8) is 0 Å². The lowest BCUT2D eigenvalue weighted by Gasteiger charge is -2.27. The first-order valence-electron chi connectivity index (χ1n) is 7.61. The van der Waals surface area contributed by atoms with Crippen molar-refractivity contribution in [1.29, 1.82) is 0 Å². The smallest absolute Gasteiger partial charge is 0.00818 e. The van der Waals surface area contributed by atoms with Gasteiger partial charge in [0.1, 0.15) is 0 Å². The standard InChI is InChI=1S/C14H32N4/c1-17-10-8-12(15)5-2-3-9-18-14-7-4-6-13(16)11-14/h12-14,17-18H,2-11,15-16H2,1H3. The maximum Gasteiger partial charge on any atom is 0.00818 e. The van der Waals surface area contributed by atoms with Gasteiger partial charge in [0.05, 0.1) is 0 Å². The van der Waals surface area contributed by atoms with Gasteiger partial charge >= 0.3 is 0 Å². The molecule has 0 radical (unpaired) electrons. The zero-order chi connectivity index (χ0) is 13.2. The molecule has 0 aromatic rings. The molecule has 1 rings (SSSR count). The molecule has 3 unspecified atom stereocenters. The molecular formula is C14H32N4. The predicted molar refractivity (Wildman–Crippen MR) is 78.6 cm³/mol. The average molecular weight is 256 g/mol. The van der Waals surface area contributed by atoms with E-state index in [1.807, 2.05) is 7.05 Å². The largest absolute Gasteiger partial charge is 0.328 e. The first-order chi connectivity index (χ1) is 8.72. The molecule has 6 N–H and O–H groups in total. The molecule has 18 heavy (non-hydrogen) atoms. The van der Waals surface area contributed by atoms with Crippen LogP contribution in [0.4, 0.5) is 0 Å². The lowest BCUT2D eigenvalue weighted by atomic mass is 9.91. The van der Waals surface area contributed by atoms with Crippen molar-refractivity contribution < 1.29 is 0 Å². The molecular weight excluding hydrogens is 224 g/mol. The molecule has 1 aliphatic carbocycles. The van der Waals surface area contributed by atoms with Gasteiger partial charge in [-0.3, -0.25) is 0 Å². The van der Waals surface area contributed by atoms with E-state index in [2.05, 4.69) is 10.6 Å². The first kappa shape index (κ1) is 15.9. The Hall–Kier alpha value is -0.160. The van der Waals surface area contributed by atoms with Crippen LogP contribution in [-0.4, -0.2) is 38.3 Å². The number of rotatable bonds is 9. The molecule has 4 heteroatoms. The van der Waals surface area contributed by atoms with Crippen LogP contribution >= 0.6 is 0 Å². The van der Waals surface area contributed by atoms with Crippen molar-refractivity contribution in [2.24, 2.45) is 11.5 Å². The molecule has 1 aliphatic rings. The number of nitrogens with one attached hydrogen (secondary N) is 2. The zero-order valence-corrected chi connectivity index (χ0v) is 12.0. The number of nitrogens with two attached hydrogens (primary N) is 2. The van der Waals surface area contributed by atoms with E-state index in [1.54, 1.807) is 0 Å². The van der Waals surface area contributed by atoms with Gasteiger partial charge in [-0.1, -0.05) is 12.8 Å². The van der Waals surface area contributed by atoms with Gasteiger partial charge in [0.25, 0.3) is 0 Å². The highest BCUT2D eigenvalue weighted by atomic mass is 14.9. The molecule has 0 heterocycles. The van der Waals surface area contributed by atoms with Crippen molar-refractivity contribution in [3.05, 3.63) is 0 Å². The monoisotopic (exact) mass is 256 g/mol. The molecule has 108 valence electrons. The Kier molecular flexibility index (Phi) is 8.59. The molecule has 0 aliphatic heterocycles. The molecule has 1 fully saturated rings. The van der Waals surface area contributed by atoms with Crippen LogP contribution in [0.3, 0.4) is 0 Å². The van der Waals surface area contributed by atoms with Crippen molar-refractivity contribution in [2.45, 2.75) is 69.5 Å². The Bertz CT molecular complexity index is 198. The summed E-state index contributed by atoms with van der Waals surface area (Å²) >= 11 is 0. The molecule has 4 nitrogen and oxygen atoms in total. The van der Waals surface area contributed by atoms with Gasteiger partial charge in [-0.2, -0.15) is 0 Å². The van der Waals surface area contributed by atoms with E-state index in [0.29, 0.717) is 18.1 Å². The molecule has 0 bridgehead atoms. The van der Waals surface area contributed by atoms with Crippen LogP contribution in [0.5, 0.6) is 0 Å². The summed E-state index contributed by atoms with van der Waals surface area (Å²) in [4.78, 5) is 0. The lowest BCUT2D eigenvalue weighted by molar-refractivity contribution is 0.337. The first-order valence-corrected chi connectivity index (χ1v) is 7.61. The topological polar surface area (TPSA) is 76.1 Å². The van der Waals surface area contributed by atoms with Gasteiger partial charge in [0, 0.05) is 18.1 Å². The highest BCUT2D eigenvalue weighted by molar-refractivity contribution is 4.79. The van der Waals surface area contributed by atoms with Gasteiger partial charge in [0.2, 0.25) is 0 Å². The minimum atomic E-state index is 0.362. The molecule has 0 saturated heterocycles. The summed E-state index contributed by atoms with van der Waals surface area (Å²) in [5, 5.41) is 6.78. The second-order valence-electron chi connectivity index (χ2n) is 5.73. The Morgan fingerprint density at radius 1 is 1.17 bits per heavy atom. The summed E-state index contributed by atoms with van der Waals surface area (Å²) in [5.74, 6) is 0. The van der Waals surface area contributed by atoms with E-state index in [0.717, 1.165) is 32.4 Å². The Morgan fingerprint density at radius 3 is 2.72 bits per heavy atom. The normalized spacial score (nSPS) is 26.2. The summed E-state index contributed by atoms with van der Waals surface area (Å²) in [7, 11) is 1.98. The van der Waals surface area contributed by atoms with Crippen LogP contribution in [0.1, 0.15) is 51.4 Å². The third kappa shape index (κ3) is 7.31. The average Bonchev–Trinajstić information content (AvgIpc) is 2.36. The van der Waals surface area contributed by atoms with Crippen LogP contribution in [0.2, 0.25) is 0 Å². The van der Waals surface area contributed by atoms with Crippen LogP contribution in [-0.2, 0) is 0 Å². The maximum atomic E-state index is 6.03. The van der Waals surface area contributed by atoms with E-state index < -0.39 is 0 Å². The number of hydrogen-bond acceptors (Lipinski definition) is 4. The van der Waals surface area contributed by atoms with E-state index in [4.69, 9.17) is 11.5 Å². The predicted octanol–water partition coefficient (Wildman–Crippen LogP) is 0.953. The van der Waals surface area contributed by atoms with Crippen LogP contribution < -0.4 is 22.1 Å². The molecule has 0 amide bonds. The second kappa shape index (κ2) is 9.73. The van der Waals surface area contributed by atoms with Crippen molar-refractivity contribution in [3.8, 4) is 0 Å². The third-order valence-corrected chi connectivity index (χ3v) is 3.91. The highest BCUT2D eigenvalue weighted by Crippen LogP contribution is 2.16. The second-order valence-corrected chi connectivity index (χ2v) is 5.73. The fourth-order valence-electron chi connectivity index (χ4n) is 2.72. The quantitative estimate of drug-likeness (QED) is 0.463. The van der Waals surface area contributed by atoms with Gasteiger partial charge in [-0.25, -0.2) is 0 Å². The fraction of sp³-hybridized carbons (Fsp3) is 1.00. The van der Waals surface area contributed by atoms with E-state index in [9.17, 15) is 0 Å². The molecule has 0 aromatic heterocycles. The summed E-state index contributed by atoms with van der Waals surface area (Å²) in [6.45, 7) is 2.15. The van der Waals surface area contributed by atoms with E-state index in [-0.39, 0.29) is 0 Å². The van der Waals surface area contributed by atoms with Crippen LogP contribution in [0, 0.1) is 0 Å².